The van der Waals surface area contributed by atoms with Crippen LogP contribution in [0.2, 0.25) is 0 Å². The second kappa shape index (κ2) is 7.75. The van der Waals surface area contributed by atoms with Crippen LogP contribution in [-0.2, 0) is 14.8 Å². The van der Waals surface area contributed by atoms with Gasteiger partial charge in [0, 0.05) is 31.9 Å². The van der Waals surface area contributed by atoms with Crippen LogP contribution in [0, 0.1) is 0 Å². The molecule has 3 aromatic heterocycles. The smallest absolute Gasteiger partial charge is 0.243 e. The molecular weight excluding hydrogens is 408 g/mol. The molecule has 1 aliphatic rings. The van der Waals surface area contributed by atoms with Crippen molar-refractivity contribution in [2.24, 2.45) is 0 Å². The Kier molecular flexibility index (Phi) is 5.12. The van der Waals surface area contributed by atoms with Gasteiger partial charge >= 0.3 is 0 Å². The van der Waals surface area contributed by atoms with Crippen molar-refractivity contribution in [1.82, 2.24) is 24.6 Å². The normalized spacial score (nSPS) is 16.4. The summed E-state index contributed by atoms with van der Waals surface area (Å²) in [6, 6.07) is 10.5. The Hall–Kier alpha value is -3.47. The summed E-state index contributed by atoms with van der Waals surface area (Å²) in [5.74, 6) is 0.117. The quantitative estimate of drug-likeness (QED) is 0.608. The highest BCUT2D eigenvalue weighted by atomic mass is 32.2. The lowest BCUT2D eigenvalue weighted by atomic mass is 10.2. The Balaban J connectivity index is 1.85. The number of carbonyl (C=O) groups excluding carboxylic acids is 1. The number of hydrogen-bond donors (Lipinski definition) is 0. The molecule has 30 heavy (non-hydrogen) atoms. The minimum Gasteiger partial charge on any atom is -0.481 e. The number of methoxy groups -OCH3 is 1. The van der Waals surface area contributed by atoms with Crippen molar-refractivity contribution >= 4 is 21.7 Å². The molecule has 156 valence electrons. The maximum absolute atomic E-state index is 12.8. The molecule has 10 nitrogen and oxygen atoms in total. The van der Waals surface area contributed by atoms with Crippen LogP contribution in [0.3, 0.4) is 0 Å². The third-order valence-electron chi connectivity index (χ3n) is 4.78. The third-order valence-corrected chi connectivity index (χ3v) is 6.47. The molecule has 1 amide bonds. The number of sulfonamides is 1. The molecule has 0 bridgehead atoms. The number of ether oxygens (including phenoxy) is 1. The van der Waals surface area contributed by atoms with E-state index in [-0.39, 0.29) is 30.6 Å². The van der Waals surface area contributed by atoms with Crippen molar-refractivity contribution in [1.29, 1.82) is 0 Å². The highest BCUT2D eigenvalue weighted by Gasteiger charge is 2.33. The van der Waals surface area contributed by atoms with Crippen molar-refractivity contribution in [3.05, 3.63) is 48.8 Å². The maximum atomic E-state index is 12.8. The molecule has 0 unspecified atom stereocenters. The largest absolute Gasteiger partial charge is 0.481 e. The highest BCUT2D eigenvalue weighted by molar-refractivity contribution is 7.92. The van der Waals surface area contributed by atoms with Crippen LogP contribution in [0.4, 0.5) is 5.82 Å². The average Bonchev–Trinajstić information content (AvgIpc) is 3.17. The predicted molar refractivity (Wildman–Crippen MR) is 110 cm³/mol. The maximum Gasteiger partial charge on any atom is 0.243 e. The second-order valence-electron chi connectivity index (χ2n) is 6.71. The molecule has 0 aromatic carbocycles. The van der Waals surface area contributed by atoms with Gasteiger partial charge in [0.05, 0.1) is 36.1 Å². The predicted octanol–water partition coefficient (Wildman–Crippen LogP) is 0.946. The van der Waals surface area contributed by atoms with E-state index in [0.29, 0.717) is 23.0 Å². The summed E-state index contributed by atoms with van der Waals surface area (Å²) in [5, 5.41) is 4.50. The lowest BCUT2D eigenvalue weighted by Crippen LogP contribution is -2.37. The number of hydrogen-bond acceptors (Lipinski definition) is 7. The minimum atomic E-state index is -3.72. The fourth-order valence-corrected chi connectivity index (χ4v) is 4.46. The van der Waals surface area contributed by atoms with E-state index in [1.54, 1.807) is 54.5 Å². The van der Waals surface area contributed by atoms with Crippen molar-refractivity contribution in [2.45, 2.75) is 0 Å². The molecule has 11 heteroatoms. The Morgan fingerprint density at radius 2 is 1.97 bits per heavy atom. The van der Waals surface area contributed by atoms with E-state index in [0.717, 1.165) is 4.31 Å². The number of rotatable bonds is 4. The van der Waals surface area contributed by atoms with Gasteiger partial charge in [-0.05, 0) is 18.2 Å². The number of aromatic nitrogens is 4. The monoisotopic (exact) mass is 428 g/mol. The molecule has 0 atom stereocenters. The van der Waals surface area contributed by atoms with Gasteiger partial charge in [-0.15, -0.1) is 5.10 Å². The van der Waals surface area contributed by atoms with Crippen LogP contribution < -0.4 is 9.04 Å². The molecule has 0 spiro atoms. The number of nitrogens with zero attached hydrogens (tertiary/aromatic N) is 6. The van der Waals surface area contributed by atoms with Gasteiger partial charge in [0.1, 0.15) is 6.54 Å². The number of anilines is 1. The molecule has 3 aromatic rings. The van der Waals surface area contributed by atoms with E-state index in [4.69, 9.17) is 4.74 Å². The topological polar surface area (TPSA) is 111 Å². The van der Waals surface area contributed by atoms with Crippen LogP contribution in [-0.4, -0.2) is 72.0 Å². The van der Waals surface area contributed by atoms with Gasteiger partial charge in [0.15, 0.2) is 5.82 Å². The summed E-state index contributed by atoms with van der Waals surface area (Å²) in [7, 11) is -0.613. The molecule has 1 saturated heterocycles. The van der Waals surface area contributed by atoms with Gasteiger partial charge in [0.2, 0.25) is 21.8 Å². The van der Waals surface area contributed by atoms with Gasteiger partial charge in [0.25, 0.3) is 0 Å². The highest BCUT2D eigenvalue weighted by Crippen LogP contribution is 2.28. The Bertz CT molecular complexity index is 1160. The van der Waals surface area contributed by atoms with Crippen molar-refractivity contribution < 1.29 is 17.9 Å². The van der Waals surface area contributed by atoms with E-state index >= 15 is 0 Å². The minimum absolute atomic E-state index is 0.133. The van der Waals surface area contributed by atoms with Crippen LogP contribution in [0.1, 0.15) is 0 Å². The van der Waals surface area contributed by atoms with Crippen LogP contribution in [0.5, 0.6) is 5.88 Å². The van der Waals surface area contributed by atoms with Gasteiger partial charge < -0.3 is 9.64 Å². The first-order valence-corrected chi connectivity index (χ1v) is 10.8. The summed E-state index contributed by atoms with van der Waals surface area (Å²) in [6.07, 6.45) is 3.21. The van der Waals surface area contributed by atoms with Crippen LogP contribution in [0.25, 0.3) is 17.1 Å². The molecule has 1 aliphatic heterocycles. The van der Waals surface area contributed by atoms with Gasteiger partial charge in [-0.2, -0.15) is 0 Å². The van der Waals surface area contributed by atoms with E-state index < -0.39 is 10.0 Å². The Morgan fingerprint density at radius 3 is 2.63 bits per heavy atom. The first kappa shape index (κ1) is 19.8. The summed E-state index contributed by atoms with van der Waals surface area (Å²) < 4.78 is 33.4. The molecule has 4 rings (SSSR count). The van der Waals surface area contributed by atoms with E-state index in [1.165, 1.54) is 12.0 Å². The Morgan fingerprint density at radius 1 is 1.13 bits per heavy atom. The van der Waals surface area contributed by atoms with Gasteiger partial charge in [-0.3, -0.25) is 9.78 Å². The first-order chi connectivity index (χ1) is 14.4. The molecule has 0 N–H and O–H groups in total. The molecular formula is C19H20N6O4S. The number of amides is 1. The van der Waals surface area contributed by atoms with Crippen LogP contribution >= 0.6 is 0 Å². The lowest BCUT2D eigenvalue weighted by molar-refractivity contribution is -0.127. The van der Waals surface area contributed by atoms with E-state index in [1.807, 2.05) is 6.07 Å². The number of likely N-dealkylation sites (N-methyl/N-ethyl adjacent to an activating group) is 1. The van der Waals surface area contributed by atoms with Gasteiger partial charge in [-0.1, -0.05) is 6.07 Å². The van der Waals surface area contributed by atoms with E-state index in [9.17, 15) is 13.2 Å². The van der Waals surface area contributed by atoms with E-state index in [2.05, 4.69) is 15.1 Å². The lowest BCUT2D eigenvalue weighted by Gasteiger charge is -2.18. The summed E-state index contributed by atoms with van der Waals surface area (Å²) >= 11 is 0. The molecule has 0 aliphatic carbocycles. The zero-order valence-corrected chi connectivity index (χ0v) is 17.3. The third kappa shape index (κ3) is 3.71. The molecule has 0 radical (unpaired) electrons. The fraction of sp³-hybridized carbons (Fsp3) is 0.263. The molecule has 4 heterocycles. The van der Waals surface area contributed by atoms with Gasteiger partial charge in [-0.25, -0.2) is 22.4 Å². The fourth-order valence-electron chi connectivity index (χ4n) is 3.06. The molecule has 1 fully saturated rings. The van der Waals surface area contributed by atoms with Crippen LogP contribution in [0.15, 0.2) is 48.8 Å². The summed E-state index contributed by atoms with van der Waals surface area (Å²) in [6.45, 7) is -0.174. The summed E-state index contributed by atoms with van der Waals surface area (Å²) in [4.78, 5) is 22.3. The molecule has 0 saturated carbocycles. The van der Waals surface area contributed by atoms with Crippen molar-refractivity contribution in [3.63, 3.8) is 0 Å². The van der Waals surface area contributed by atoms with Crippen molar-refractivity contribution in [3.8, 4) is 23.0 Å². The van der Waals surface area contributed by atoms with Crippen molar-refractivity contribution in [2.75, 3.05) is 37.3 Å². The zero-order valence-electron chi connectivity index (χ0n) is 16.5. The Labute approximate surface area is 173 Å². The number of carbonyl (C=O) groups is 1. The number of pyridine rings is 2. The standard InChI is InChI=1S/C19H20N6O4S/c1-23-9-10-30(27,28)24(13-19(23)26)17-11-16(15-5-3-4-8-20-15)25(22-17)14-6-7-18(29-2)21-12-14/h3-8,11-12H,9-10,13H2,1-2H3. The summed E-state index contributed by atoms with van der Waals surface area (Å²) in [5.41, 5.74) is 1.76. The SMILES string of the molecule is COc1ccc(-n2nc(N3CC(=O)N(C)CCS3(=O)=O)cc2-c2ccccn2)cn1. The zero-order chi connectivity index (χ0) is 21.3. The second-order valence-corrected chi connectivity index (χ2v) is 8.72. The first-order valence-electron chi connectivity index (χ1n) is 9.15. The average molecular weight is 428 g/mol.